The third kappa shape index (κ3) is 4.32. The number of hydrazone groups is 1. The van der Waals surface area contributed by atoms with Gasteiger partial charge in [0.2, 0.25) is 12.7 Å². The highest BCUT2D eigenvalue weighted by molar-refractivity contribution is 9.10. The summed E-state index contributed by atoms with van der Waals surface area (Å²) in [6, 6.07) is 12.3. The number of rotatable bonds is 6. The molecule has 222 valence electrons. The lowest BCUT2D eigenvalue weighted by atomic mass is 9.46. The largest absolute Gasteiger partial charge is 0.508 e. The number of nitro groups is 1. The predicted molar refractivity (Wildman–Crippen MR) is 158 cm³/mol. The molecule has 43 heavy (non-hydrogen) atoms. The summed E-state index contributed by atoms with van der Waals surface area (Å²) in [4.78, 5) is 25.5. The quantitative estimate of drug-likeness (QED) is 0.254. The Morgan fingerprint density at radius 3 is 2.63 bits per heavy atom. The molecule has 2 unspecified atom stereocenters. The molecule has 0 radical (unpaired) electrons. The number of fused-ring (bicyclic) bond motifs is 1. The summed E-state index contributed by atoms with van der Waals surface area (Å²) >= 11 is 3.34. The number of benzene rings is 2. The van der Waals surface area contributed by atoms with Crippen LogP contribution in [0.3, 0.4) is 0 Å². The Morgan fingerprint density at radius 2 is 1.88 bits per heavy atom. The molecule has 4 fully saturated rings. The zero-order valence-corrected chi connectivity index (χ0v) is 24.9. The summed E-state index contributed by atoms with van der Waals surface area (Å²) in [5, 5.41) is 33.3. The molecule has 5 atom stereocenters. The second-order valence-corrected chi connectivity index (χ2v) is 13.9. The molecule has 4 aliphatic carbocycles. The van der Waals surface area contributed by atoms with Gasteiger partial charge in [-0.1, -0.05) is 18.2 Å². The van der Waals surface area contributed by atoms with E-state index in [-0.39, 0.29) is 35.2 Å². The Morgan fingerprint density at radius 1 is 1.12 bits per heavy atom. The fraction of sp³-hybridized carbons (Fsp3) is 0.452. The Bertz CT molecular complexity index is 1690. The molecule has 3 heterocycles. The normalized spacial score (nSPS) is 30.1. The number of ether oxygens (including phenoxy) is 2. The van der Waals surface area contributed by atoms with Gasteiger partial charge in [-0.05, 0) is 101 Å². The summed E-state index contributed by atoms with van der Waals surface area (Å²) in [5.74, 6) is 2.09. The first kappa shape index (κ1) is 26.7. The van der Waals surface area contributed by atoms with E-state index in [1.165, 1.54) is 0 Å². The zero-order valence-electron chi connectivity index (χ0n) is 23.3. The number of nitrogens with zero attached hydrogens (tertiary/aromatic N) is 5. The fourth-order valence-electron chi connectivity index (χ4n) is 8.99. The summed E-state index contributed by atoms with van der Waals surface area (Å²) in [7, 11) is 0. The van der Waals surface area contributed by atoms with Crippen molar-refractivity contribution in [2.75, 3.05) is 6.79 Å². The van der Waals surface area contributed by atoms with Gasteiger partial charge in [-0.15, -0.1) is 0 Å². The number of carbonyl (C=O) groups is 1. The number of para-hydroxylation sites is 1. The second-order valence-electron chi connectivity index (χ2n) is 13.0. The van der Waals surface area contributed by atoms with E-state index in [4.69, 9.17) is 14.6 Å². The van der Waals surface area contributed by atoms with Crippen molar-refractivity contribution in [3.63, 3.8) is 0 Å². The monoisotopic (exact) mass is 647 g/mol. The summed E-state index contributed by atoms with van der Waals surface area (Å²) in [6.07, 6.45) is 8.14. The molecule has 11 nitrogen and oxygen atoms in total. The summed E-state index contributed by atoms with van der Waals surface area (Å²) in [5.41, 5.74) is 1.67. The van der Waals surface area contributed by atoms with Crippen molar-refractivity contribution < 1.29 is 24.3 Å². The zero-order chi connectivity index (χ0) is 29.5. The van der Waals surface area contributed by atoms with Crippen molar-refractivity contribution in [1.29, 1.82) is 0 Å². The van der Waals surface area contributed by atoms with Crippen LogP contribution in [0.2, 0.25) is 0 Å². The molecule has 0 saturated heterocycles. The van der Waals surface area contributed by atoms with E-state index in [1.807, 2.05) is 35.0 Å². The highest BCUT2D eigenvalue weighted by Crippen LogP contribution is 2.65. The Balaban J connectivity index is 1.12. The molecule has 2 aromatic carbocycles. The minimum absolute atomic E-state index is 0.0753. The lowest BCUT2D eigenvalue weighted by Crippen LogP contribution is -2.57. The van der Waals surface area contributed by atoms with Gasteiger partial charge in [0.1, 0.15) is 10.2 Å². The average Bonchev–Trinajstić information content (AvgIpc) is 3.70. The van der Waals surface area contributed by atoms with Gasteiger partial charge in [-0.25, -0.2) is 5.01 Å². The Hall–Kier alpha value is -3.93. The van der Waals surface area contributed by atoms with E-state index in [0.717, 1.165) is 49.8 Å². The molecule has 2 aliphatic heterocycles. The number of aromatic hydroxyl groups is 1. The molecule has 3 aromatic rings. The van der Waals surface area contributed by atoms with Crippen molar-refractivity contribution in [3.8, 4) is 17.2 Å². The van der Waals surface area contributed by atoms with Crippen LogP contribution in [0.15, 0.2) is 58.2 Å². The van der Waals surface area contributed by atoms with E-state index in [9.17, 15) is 20.0 Å². The van der Waals surface area contributed by atoms with Gasteiger partial charge in [-0.2, -0.15) is 9.78 Å². The average molecular weight is 649 g/mol. The van der Waals surface area contributed by atoms with Crippen LogP contribution in [0.1, 0.15) is 68.5 Å². The summed E-state index contributed by atoms with van der Waals surface area (Å²) < 4.78 is 13.3. The van der Waals surface area contributed by atoms with Crippen LogP contribution in [0.5, 0.6) is 17.2 Å². The van der Waals surface area contributed by atoms with Gasteiger partial charge in [-0.3, -0.25) is 4.79 Å². The first-order chi connectivity index (χ1) is 20.7. The lowest BCUT2D eigenvalue weighted by Gasteiger charge is -2.61. The highest BCUT2D eigenvalue weighted by Gasteiger charge is 2.61. The molecular formula is C31H30BrN5O6. The standard InChI is InChI=1S/C31H30BrN5O6/c32-22-15-35(34-29(22)37(40)41)31-12-18-7-19(13-31)11-30(10-18,16-31)14-28(39)36-24(21-3-1-2-4-25(21)38)9-23(33-36)20-5-6-26-27(8-20)43-17-42-26/h1-6,8,15,18-19,24,38H,7,9-14,16-17H2/t18-,19+,24-,30?,31?/m1/s1. The maximum absolute atomic E-state index is 14.4. The van der Waals surface area contributed by atoms with Crippen molar-refractivity contribution >= 4 is 33.4 Å². The van der Waals surface area contributed by atoms with Crippen LogP contribution in [0, 0.1) is 27.4 Å². The first-order valence-electron chi connectivity index (χ1n) is 14.7. The molecule has 12 heteroatoms. The number of phenolic OH excluding ortho intramolecular Hbond substituents is 1. The van der Waals surface area contributed by atoms with E-state index in [0.29, 0.717) is 46.2 Å². The van der Waals surface area contributed by atoms with E-state index < -0.39 is 11.0 Å². The Kier molecular flexibility index (Phi) is 5.92. The molecule has 1 aromatic heterocycles. The van der Waals surface area contributed by atoms with E-state index in [2.05, 4.69) is 21.0 Å². The van der Waals surface area contributed by atoms with Crippen molar-refractivity contribution in [2.24, 2.45) is 22.4 Å². The topological polar surface area (TPSA) is 132 Å². The first-order valence-corrected chi connectivity index (χ1v) is 15.5. The second kappa shape index (κ2) is 9.54. The number of halogens is 1. The molecule has 4 bridgehead atoms. The van der Waals surface area contributed by atoms with E-state index >= 15 is 0 Å². The molecule has 0 spiro atoms. The minimum atomic E-state index is -0.456. The van der Waals surface area contributed by atoms with E-state index in [1.54, 1.807) is 23.3 Å². The van der Waals surface area contributed by atoms with Crippen LogP contribution in [-0.2, 0) is 10.3 Å². The van der Waals surface area contributed by atoms with Gasteiger partial charge < -0.3 is 24.7 Å². The third-order valence-corrected chi connectivity index (χ3v) is 10.7. The van der Waals surface area contributed by atoms with Crippen LogP contribution >= 0.6 is 15.9 Å². The summed E-state index contributed by atoms with van der Waals surface area (Å²) in [6.45, 7) is 0.171. The van der Waals surface area contributed by atoms with Gasteiger partial charge in [0, 0.05) is 24.0 Å². The number of hydrogen-bond acceptors (Lipinski definition) is 8. The van der Waals surface area contributed by atoms with Gasteiger partial charge >= 0.3 is 5.82 Å². The fourth-order valence-corrected chi connectivity index (χ4v) is 9.41. The molecule has 4 saturated carbocycles. The predicted octanol–water partition coefficient (Wildman–Crippen LogP) is 6.05. The highest BCUT2D eigenvalue weighted by atomic mass is 79.9. The van der Waals surface area contributed by atoms with Gasteiger partial charge in [0.05, 0.1) is 28.6 Å². The van der Waals surface area contributed by atoms with Crippen LogP contribution in [-0.4, -0.2) is 43.2 Å². The van der Waals surface area contributed by atoms with Gasteiger partial charge in [0.25, 0.3) is 0 Å². The van der Waals surface area contributed by atoms with Crippen molar-refractivity contribution in [1.82, 2.24) is 14.8 Å². The lowest BCUT2D eigenvalue weighted by molar-refractivity contribution is -0.390. The molecule has 6 aliphatic rings. The molecule has 1 amide bonds. The van der Waals surface area contributed by atoms with Crippen LogP contribution < -0.4 is 9.47 Å². The smallest absolute Gasteiger partial charge is 0.404 e. The maximum atomic E-state index is 14.4. The number of carbonyl (C=O) groups excluding carboxylic acids is 1. The van der Waals surface area contributed by atoms with Crippen molar-refractivity contribution in [3.05, 3.63) is 74.4 Å². The number of hydrogen-bond donors (Lipinski definition) is 1. The van der Waals surface area contributed by atoms with Crippen LogP contribution in [0.25, 0.3) is 0 Å². The number of aromatic nitrogens is 2. The van der Waals surface area contributed by atoms with Crippen LogP contribution in [0.4, 0.5) is 5.82 Å². The minimum Gasteiger partial charge on any atom is -0.508 e. The maximum Gasteiger partial charge on any atom is 0.404 e. The van der Waals surface area contributed by atoms with Gasteiger partial charge in [0.15, 0.2) is 11.5 Å². The number of amides is 1. The SMILES string of the molecule is O=C(CC12C[C@H]3C[C@@H](C1)CC(n1cc(Br)c([N+](=O)[O-])n1)(C3)C2)N1N=C(c2ccc3c(c2)OCO3)C[C@@H]1c1ccccc1O. The number of phenols is 1. The molecule has 9 rings (SSSR count). The molecule has 1 N–H and O–H groups in total. The molecular weight excluding hydrogens is 618 g/mol. The van der Waals surface area contributed by atoms with Crippen molar-refractivity contribution in [2.45, 2.75) is 62.9 Å². The Labute approximate surface area is 255 Å². The third-order valence-electron chi connectivity index (χ3n) is 10.2.